The number of aryl methyl sites for hydroxylation is 1. The molecule has 0 fully saturated rings. The number of fused-ring (bicyclic) bond motifs is 1. The zero-order valence-corrected chi connectivity index (χ0v) is 17.4. The van der Waals surface area contributed by atoms with Crippen molar-refractivity contribution in [2.45, 2.75) is 26.8 Å². The summed E-state index contributed by atoms with van der Waals surface area (Å²) in [5.74, 6) is 0.555. The lowest BCUT2D eigenvalue weighted by Crippen LogP contribution is -2.29. The number of carbonyl (C=O) groups is 1. The number of allylic oxidation sites excluding steroid dienone is 1. The van der Waals surface area contributed by atoms with Crippen LogP contribution in [0.25, 0.3) is 17.2 Å². The first-order valence-corrected chi connectivity index (χ1v) is 10.2. The maximum absolute atomic E-state index is 13.2. The zero-order valence-electron chi connectivity index (χ0n) is 16.6. The molecule has 152 valence electrons. The lowest BCUT2D eigenvalue weighted by molar-refractivity contribution is -0.115. The molecule has 1 aromatic carbocycles. The molecule has 0 atom stereocenters. The number of amides is 1. The first-order chi connectivity index (χ1) is 14.5. The minimum atomic E-state index is -0.358. The van der Waals surface area contributed by atoms with Gasteiger partial charge in [-0.2, -0.15) is 9.50 Å². The fraction of sp³-hybridized carbons (Fsp3) is 0.190. The Bertz CT molecular complexity index is 1290. The normalized spacial score (nSPS) is 11.0. The number of aromatic nitrogens is 5. The van der Waals surface area contributed by atoms with Crippen LogP contribution in [0, 0.1) is 13.8 Å². The summed E-state index contributed by atoms with van der Waals surface area (Å²) in [6.07, 6.45) is 3.24. The topological polar surface area (TPSA) is 94.2 Å². The van der Waals surface area contributed by atoms with Gasteiger partial charge in [-0.3, -0.25) is 9.59 Å². The molecule has 0 spiro atoms. The highest BCUT2D eigenvalue weighted by atomic mass is 32.1. The van der Waals surface area contributed by atoms with E-state index in [-0.39, 0.29) is 17.9 Å². The van der Waals surface area contributed by atoms with E-state index in [1.165, 1.54) is 15.9 Å². The predicted octanol–water partition coefficient (Wildman–Crippen LogP) is 3.00. The standard InChI is InChI=1S/C21H20N6O2S/c1-4-10-26-14(3)16(12-17(28)23-20-22-9-11-30-20)19(29)27-21(26)24-18(25-27)15-7-5-13(2)6-8-15/h4-9,11H,1,10,12H2,2-3H3,(H,22,23,28). The van der Waals surface area contributed by atoms with Crippen molar-refractivity contribution in [2.75, 3.05) is 5.32 Å². The van der Waals surface area contributed by atoms with Crippen molar-refractivity contribution in [3.63, 3.8) is 0 Å². The number of carbonyl (C=O) groups excluding carboxylic acids is 1. The van der Waals surface area contributed by atoms with E-state index in [4.69, 9.17) is 0 Å². The summed E-state index contributed by atoms with van der Waals surface area (Å²) in [6.45, 7) is 8.04. The number of benzene rings is 1. The first kappa shape index (κ1) is 19.7. The minimum absolute atomic E-state index is 0.0863. The molecule has 0 aliphatic rings. The van der Waals surface area contributed by atoms with E-state index >= 15 is 0 Å². The molecule has 0 unspecified atom stereocenters. The molecule has 0 radical (unpaired) electrons. The molecular weight excluding hydrogens is 400 g/mol. The Labute approximate surface area is 176 Å². The number of hydrogen-bond acceptors (Lipinski definition) is 6. The van der Waals surface area contributed by atoms with Crippen LogP contribution in [0.2, 0.25) is 0 Å². The van der Waals surface area contributed by atoms with Gasteiger partial charge in [0.1, 0.15) is 0 Å². The lowest BCUT2D eigenvalue weighted by atomic mass is 10.1. The van der Waals surface area contributed by atoms with Crippen LogP contribution in [0.5, 0.6) is 0 Å². The molecular formula is C21H20N6O2S. The van der Waals surface area contributed by atoms with Crippen molar-refractivity contribution in [3.8, 4) is 11.4 Å². The highest BCUT2D eigenvalue weighted by Crippen LogP contribution is 2.18. The van der Waals surface area contributed by atoms with Gasteiger partial charge in [-0.15, -0.1) is 23.0 Å². The second kappa shape index (κ2) is 8.03. The molecule has 4 aromatic rings. The number of anilines is 1. The second-order valence-electron chi connectivity index (χ2n) is 6.84. The van der Waals surface area contributed by atoms with Crippen LogP contribution in [0.1, 0.15) is 16.8 Å². The Kier molecular flexibility index (Phi) is 5.28. The quantitative estimate of drug-likeness (QED) is 0.484. The van der Waals surface area contributed by atoms with Gasteiger partial charge in [-0.1, -0.05) is 35.9 Å². The van der Waals surface area contributed by atoms with Crippen molar-refractivity contribution < 1.29 is 4.79 Å². The van der Waals surface area contributed by atoms with Crippen LogP contribution in [-0.4, -0.2) is 30.1 Å². The highest BCUT2D eigenvalue weighted by molar-refractivity contribution is 7.13. The Morgan fingerprint density at radius 1 is 1.27 bits per heavy atom. The van der Waals surface area contributed by atoms with Gasteiger partial charge in [0.2, 0.25) is 11.7 Å². The summed E-state index contributed by atoms with van der Waals surface area (Å²) >= 11 is 1.32. The lowest BCUT2D eigenvalue weighted by Gasteiger charge is -2.13. The number of hydrogen-bond donors (Lipinski definition) is 1. The molecule has 1 N–H and O–H groups in total. The third-order valence-electron chi connectivity index (χ3n) is 4.76. The van der Waals surface area contributed by atoms with Gasteiger partial charge in [0.15, 0.2) is 11.0 Å². The number of rotatable bonds is 6. The van der Waals surface area contributed by atoms with E-state index in [2.05, 4.69) is 27.0 Å². The van der Waals surface area contributed by atoms with Crippen molar-refractivity contribution >= 4 is 28.2 Å². The maximum atomic E-state index is 13.2. The van der Waals surface area contributed by atoms with E-state index in [0.717, 1.165) is 11.1 Å². The van der Waals surface area contributed by atoms with Gasteiger partial charge in [0.05, 0.1) is 6.42 Å². The molecule has 3 heterocycles. The number of nitrogens with zero attached hydrogens (tertiary/aromatic N) is 5. The molecule has 8 nitrogen and oxygen atoms in total. The third-order valence-corrected chi connectivity index (χ3v) is 5.45. The maximum Gasteiger partial charge on any atom is 0.279 e. The number of thiazole rings is 1. The van der Waals surface area contributed by atoms with E-state index in [0.29, 0.717) is 34.5 Å². The average Bonchev–Trinajstić information content (AvgIpc) is 3.39. The smallest absolute Gasteiger partial charge is 0.279 e. The van der Waals surface area contributed by atoms with Crippen molar-refractivity contribution in [1.82, 2.24) is 24.1 Å². The Balaban J connectivity index is 1.80. The van der Waals surface area contributed by atoms with Crippen LogP contribution >= 0.6 is 11.3 Å². The molecule has 0 saturated carbocycles. The molecule has 9 heteroatoms. The van der Waals surface area contributed by atoms with Gasteiger partial charge in [-0.25, -0.2) is 4.98 Å². The molecule has 0 aliphatic carbocycles. The van der Waals surface area contributed by atoms with Crippen LogP contribution in [0.4, 0.5) is 5.13 Å². The third kappa shape index (κ3) is 3.67. The predicted molar refractivity (Wildman–Crippen MR) is 117 cm³/mol. The van der Waals surface area contributed by atoms with Crippen molar-refractivity contribution in [3.05, 3.63) is 75.7 Å². The molecule has 30 heavy (non-hydrogen) atoms. The monoisotopic (exact) mass is 420 g/mol. The summed E-state index contributed by atoms with van der Waals surface area (Å²) in [4.78, 5) is 34.3. The minimum Gasteiger partial charge on any atom is -0.310 e. The summed E-state index contributed by atoms with van der Waals surface area (Å²) in [5, 5.41) is 9.41. The molecule has 0 aliphatic heterocycles. The van der Waals surface area contributed by atoms with Crippen LogP contribution in [0.3, 0.4) is 0 Å². The zero-order chi connectivity index (χ0) is 21.3. The van der Waals surface area contributed by atoms with Crippen molar-refractivity contribution in [2.24, 2.45) is 0 Å². The van der Waals surface area contributed by atoms with Gasteiger partial charge in [0, 0.05) is 34.9 Å². The Morgan fingerprint density at radius 2 is 2.03 bits per heavy atom. The number of nitrogens with one attached hydrogen (secondary N) is 1. The van der Waals surface area contributed by atoms with Gasteiger partial charge >= 0.3 is 0 Å². The first-order valence-electron chi connectivity index (χ1n) is 9.34. The summed E-state index contributed by atoms with van der Waals surface area (Å²) < 4.78 is 3.10. The van der Waals surface area contributed by atoms with Gasteiger partial charge < -0.3 is 9.88 Å². The molecule has 0 saturated heterocycles. The molecule has 1 amide bonds. The van der Waals surface area contributed by atoms with E-state index in [1.807, 2.05) is 35.8 Å². The molecule has 0 bridgehead atoms. The van der Waals surface area contributed by atoms with Crippen LogP contribution in [0.15, 0.2) is 53.3 Å². The van der Waals surface area contributed by atoms with E-state index in [1.54, 1.807) is 24.6 Å². The van der Waals surface area contributed by atoms with Crippen LogP contribution in [-0.2, 0) is 17.8 Å². The Morgan fingerprint density at radius 3 is 2.70 bits per heavy atom. The second-order valence-corrected chi connectivity index (χ2v) is 7.74. The van der Waals surface area contributed by atoms with Crippen molar-refractivity contribution in [1.29, 1.82) is 0 Å². The molecule has 4 rings (SSSR count). The SMILES string of the molecule is C=CCn1c(C)c(CC(=O)Nc2nccs2)c(=O)n2nc(-c3ccc(C)cc3)nc12. The molecule has 3 aromatic heterocycles. The average molecular weight is 420 g/mol. The Hall–Kier alpha value is -3.59. The van der Waals surface area contributed by atoms with Gasteiger partial charge in [0.25, 0.3) is 5.56 Å². The highest BCUT2D eigenvalue weighted by Gasteiger charge is 2.20. The van der Waals surface area contributed by atoms with Gasteiger partial charge in [-0.05, 0) is 13.8 Å². The fourth-order valence-corrected chi connectivity index (χ4v) is 3.74. The van der Waals surface area contributed by atoms with Crippen LogP contribution < -0.4 is 10.9 Å². The largest absolute Gasteiger partial charge is 0.310 e. The van der Waals surface area contributed by atoms with E-state index in [9.17, 15) is 9.59 Å². The fourth-order valence-electron chi connectivity index (χ4n) is 3.20. The van der Waals surface area contributed by atoms with E-state index < -0.39 is 0 Å². The summed E-state index contributed by atoms with van der Waals surface area (Å²) in [7, 11) is 0. The summed E-state index contributed by atoms with van der Waals surface area (Å²) in [5.41, 5.74) is 2.60. The summed E-state index contributed by atoms with van der Waals surface area (Å²) in [6, 6.07) is 7.77.